The van der Waals surface area contributed by atoms with Gasteiger partial charge in [-0.3, -0.25) is 4.98 Å². The van der Waals surface area contributed by atoms with Gasteiger partial charge in [0.25, 0.3) is 0 Å². The number of aromatic nitrogens is 1. The second kappa shape index (κ2) is 12.4. The van der Waals surface area contributed by atoms with Crippen LogP contribution in [0, 0.1) is 0 Å². The van der Waals surface area contributed by atoms with Gasteiger partial charge in [-0.1, -0.05) is 43.7 Å². The van der Waals surface area contributed by atoms with E-state index >= 15 is 0 Å². The quantitative estimate of drug-likeness (QED) is 0.383. The highest BCUT2D eigenvalue weighted by molar-refractivity contribution is 5.89. The number of nitrogens with zero attached hydrogens (tertiary/aromatic N) is 3. The van der Waals surface area contributed by atoms with E-state index < -0.39 is 0 Å². The van der Waals surface area contributed by atoms with Crippen LogP contribution in [-0.2, 0) is 6.54 Å². The van der Waals surface area contributed by atoms with Crippen LogP contribution < -0.4 is 10.1 Å². The van der Waals surface area contributed by atoms with Crippen LogP contribution in [0.5, 0.6) is 11.5 Å². The van der Waals surface area contributed by atoms with Gasteiger partial charge in [0.15, 0.2) is 0 Å². The van der Waals surface area contributed by atoms with Gasteiger partial charge < -0.3 is 19.9 Å². The molecule has 6 heteroatoms. The number of pyridine rings is 1. The molecule has 1 fully saturated rings. The molecule has 1 aliphatic heterocycles. The molecule has 6 nitrogen and oxygen atoms in total. The van der Waals surface area contributed by atoms with Crippen LogP contribution in [-0.4, -0.2) is 46.0 Å². The maximum Gasteiger partial charge on any atom is 0.322 e. The minimum Gasteiger partial charge on any atom is -0.457 e. The number of urea groups is 1. The SMILES string of the molecule is CCCC(C)N1CCC(N(Cc2ccccc2)C(=O)Nc2ccc(Oc3ccncc3)cc2)CC1. The van der Waals surface area contributed by atoms with Crippen LogP contribution in [0.4, 0.5) is 10.5 Å². The Morgan fingerprint density at radius 1 is 1.03 bits per heavy atom. The lowest BCUT2D eigenvalue weighted by Gasteiger charge is -2.40. The molecule has 4 rings (SSSR count). The molecule has 0 spiro atoms. The number of nitrogens with one attached hydrogen (secondary N) is 1. The number of carbonyl (C=O) groups is 1. The zero-order valence-corrected chi connectivity index (χ0v) is 20.8. The molecule has 1 aliphatic rings. The van der Waals surface area contributed by atoms with Crippen LogP contribution in [0.15, 0.2) is 79.1 Å². The van der Waals surface area contributed by atoms with Crippen molar-refractivity contribution in [3.8, 4) is 11.5 Å². The van der Waals surface area contributed by atoms with Crippen molar-refractivity contribution in [2.24, 2.45) is 0 Å². The molecule has 1 atom stereocenters. The minimum atomic E-state index is -0.0586. The van der Waals surface area contributed by atoms with Crippen molar-refractivity contribution in [1.29, 1.82) is 0 Å². The van der Waals surface area contributed by atoms with Crippen molar-refractivity contribution in [2.75, 3.05) is 18.4 Å². The van der Waals surface area contributed by atoms with E-state index in [1.807, 2.05) is 59.5 Å². The van der Waals surface area contributed by atoms with E-state index in [1.165, 1.54) is 12.8 Å². The summed E-state index contributed by atoms with van der Waals surface area (Å²) < 4.78 is 5.84. The molecular weight excluding hydrogens is 436 g/mol. The monoisotopic (exact) mass is 472 g/mol. The highest BCUT2D eigenvalue weighted by Gasteiger charge is 2.29. The molecule has 3 aromatic rings. The predicted octanol–water partition coefficient (Wildman–Crippen LogP) is 6.56. The lowest BCUT2D eigenvalue weighted by atomic mass is 10.00. The number of ether oxygens (including phenoxy) is 1. The lowest BCUT2D eigenvalue weighted by Crippen LogP contribution is -2.50. The number of likely N-dealkylation sites (tertiary alicyclic amines) is 1. The largest absolute Gasteiger partial charge is 0.457 e. The number of amides is 2. The lowest BCUT2D eigenvalue weighted by molar-refractivity contribution is 0.0989. The molecule has 1 aromatic heterocycles. The molecule has 0 radical (unpaired) electrons. The fraction of sp³-hybridized carbons (Fsp3) is 0.379. The summed E-state index contributed by atoms with van der Waals surface area (Å²) in [5.74, 6) is 1.44. The number of carbonyl (C=O) groups excluding carboxylic acids is 1. The maximum absolute atomic E-state index is 13.5. The van der Waals surface area contributed by atoms with Crippen LogP contribution in [0.1, 0.15) is 45.1 Å². The van der Waals surface area contributed by atoms with Gasteiger partial charge in [-0.2, -0.15) is 0 Å². The van der Waals surface area contributed by atoms with Crippen molar-refractivity contribution < 1.29 is 9.53 Å². The number of hydrogen-bond donors (Lipinski definition) is 1. The van der Waals surface area contributed by atoms with Gasteiger partial charge in [0.2, 0.25) is 0 Å². The molecule has 0 saturated carbocycles. The summed E-state index contributed by atoms with van der Waals surface area (Å²) in [5, 5.41) is 3.11. The zero-order chi connectivity index (χ0) is 24.5. The average Bonchev–Trinajstić information content (AvgIpc) is 2.90. The maximum atomic E-state index is 13.5. The Morgan fingerprint density at radius 2 is 1.69 bits per heavy atom. The molecule has 35 heavy (non-hydrogen) atoms. The Kier molecular flexibility index (Phi) is 8.74. The van der Waals surface area contributed by atoms with Crippen molar-refractivity contribution in [2.45, 2.75) is 58.2 Å². The second-order valence-electron chi connectivity index (χ2n) is 9.26. The van der Waals surface area contributed by atoms with E-state index in [0.29, 0.717) is 18.3 Å². The van der Waals surface area contributed by atoms with E-state index in [4.69, 9.17) is 4.74 Å². The summed E-state index contributed by atoms with van der Waals surface area (Å²) in [6.45, 7) is 7.23. The highest BCUT2D eigenvalue weighted by atomic mass is 16.5. The zero-order valence-electron chi connectivity index (χ0n) is 20.8. The standard InChI is InChI=1S/C29H36N4O2/c1-3-7-23(2)32-20-16-26(17-21-32)33(22-24-8-5-4-6-9-24)29(34)31-25-10-12-27(13-11-25)35-28-14-18-30-19-15-28/h4-6,8-15,18-19,23,26H,3,7,16-17,20-22H2,1-2H3,(H,31,34). The molecule has 0 aliphatic carbocycles. The number of piperidine rings is 1. The van der Waals surface area contributed by atoms with Gasteiger partial charge in [0.05, 0.1) is 0 Å². The Hall–Kier alpha value is -3.38. The predicted molar refractivity (Wildman–Crippen MR) is 141 cm³/mol. The number of hydrogen-bond acceptors (Lipinski definition) is 4. The molecule has 184 valence electrons. The van der Waals surface area contributed by atoms with Gasteiger partial charge >= 0.3 is 6.03 Å². The van der Waals surface area contributed by atoms with E-state index in [0.717, 1.165) is 42.9 Å². The van der Waals surface area contributed by atoms with Gasteiger partial charge in [-0.25, -0.2) is 4.79 Å². The molecule has 2 heterocycles. The van der Waals surface area contributed by atoms with E-state index in [9.17, 15) is 4.79 Å². The van der Waals surface area contributed by atoms with Crippen molar-refractivity contribution in [3.05, 3.63) is 84.7 Å². The molecule has 2 aromatic carbocycles. The average molecular weight is 473 g/mol. The first-order chi connectivity index (χ1) is 17.1. The summed E-state index contributed by atoms with van der Waals surface area (Å²) in [7, 11) is 0. The van der Waals surface area contributed by atoms with Gasteiger partial charge in [0, 0.05) is 49.8 Å². The molecule has 0 bridgehead atoms. The molecule has 1 N–H and O–H groups in total. The molecule has 1 unspecified atom stereocenters. The van der Waals surface area contributed by atoms with Crippen LogP contribution in [0.25, 0.3) is 0 Å². The van der Waals surface area contributed by atoms with E-state index in [1.54, 1.807) is 12.4 Å². The Morgan fingerprint density at radius 3 is 2.34 bits per heavy atom. The number of anilines is 1. The molecule has 1 saturated heterocycles. The Balaban J connectivity index is 1.41. The van der Waals surface area contributed by atoms with Crippen molar-refractivity contribution in [3.63, 3.8) is 0 Å². The van der Waals surface area contributed by atoms with Crippen LogP contribution in [0.2, 0.25) is 0 Å². The first-order valence-corrected chi connectivity index (χ1v) is 12.7. The van der Waals surface area contributed by atoms with Crippen molar-refractivity contribution in [1.82, 2.24) is 14.8 Å². The van der Waals surface area contributed by atoms with Crippen LogP contribution >= 0.6 is 0 Å². The van der Waals surface area contributed by atoms with Crippen molar-refractivity contribution >= 4 is 11.7 Å². The van der Waals surface area contributed by atoms with Gasteiger partial charge in [0.1, 0.15) is 11.5 Å². The third-order valence-corrected chi connectivity index (χ3v) is 6.72. The second-order valence-corrected chi connectivity index (χ2v) is 9.26. The summed E-state index contributed by atoms with van der Waals surface area (Å²) in [6, 6.07) is 22.1. The number of rotatable bonds is 9. The highest BCUT2D eigenvalue weighted by Crippen LogP contribution is 2.25. The Bertz CT molecular complexity index is 1040. The smallest absolute Gasteiger partial charge is 0.322 e. The summed E-state index contributed by atoms with van der Waals surface area (Å²) in [6.07, 6.45) is 7.80. The summed E-state index contributed by atoms with van der Waals surface area (Å²) >= 11 is 0. The Labute approximate surface area is 208 Å². The van der Waals surface area contributed by atoms with E-state index in [-0.39, 0.29) is 12.1 Å². The first kappa shape index (κ1) is 24.7. The van der Waals surface area contributed by atoms with Crippen LogP contribution in [0.3, 0.4) is 0 Å². The minimum absolute atomic E-state index is 0.0586. The summed E-state index contributed by atoms with van der Waals surface area (Å²) in [5.41, 5.74) is 1.90. The third-order valence-electron chi connectivity index (χ3n) is 6.72. The fourth-order valence-electron chi connectivity index (χ4n) is 4.73. The molecular formula is C29H36N4O2. The third kappa shape index (κ3) is 7.06. The van der Waals surface area contributed by atoms with Gasteiger partial charge in [-0.15, -0.1) is 0 Å². The summed E-state index contributed by atoms with van der Waals surface area (Å²) in [4.78, 5) is 22.1. The first-order valence-electron chi connectivity index (χ1n) is 12.7. The molecule has 2 amide bonds. The van der Waals surface area contributed by atoms with Gasteiger partial charge in [-0.05, 0) is 68.1 Å². The topological polar surface area (TPSA) is 57.7 Å². The number of benzene rings is 2. The fourth-order valence-corrected chi connectivity index (χ4v) is 4.73. The van der Waals surface area contributed by atoms with E-state index in [2.05, 4.69) is 41.2 Å². The normalized spacial score (nSPS) is 15.4.